The highest BCUT2D eigenvalue weighted by Crippen LogP contribution is 2.14. The number of ether oxygens (including phenoxy) is 2. The van der Waals surface area contributed by atoms with E-state index < -0.39 is 0 Å². The maximum atomic E-state index is 12.2. The summed E-state index contributed by atoms with van der Waals surface area (Å²) in [4.78, 5) is 14.0. The van der Waals surface area contributed by atoms with Crippen molar-refractivity contribution in [2.24, 2.45) is 0 Å². The molecule has 98 valence electrons. The summed E-state index contributed by atoms with van der Waals surface area (Å²) >= 11 is 0. The molecule has 2 fully saturated rings. The van der Waals surface area contributed by atoms with Gasteiger partial charge in [0.05, 0.1) is 31.5 Å². The van der Waals surface area contributed by atoms with E-state index in [2.05, 4.69) is 5.32 Å². The van der Waals surface area contributed by atoms with Crippen LogP contribution in [0.3, 0.4) is 0 Å². The highest BCUT2D eigenvalue weighted by molar-refractivity contribution is 5.82. The molecule has 2 heterocycles. The number of rotatable bonds is 3. The zero-order valence-electron chi connectivity index (χ0n) is 10.1. The summed E-state index contributed by atoms with van der Waals surface area (Å²) in [5, 5.41) is 12.2. The van der Waals surface area contributed by atoms with Crippen LogP contribution in [-0.2, 0) is 14.3 Å². The molecule has 2 aliphatic heterocycles. The van der Waals surface area contributed by atoms with Gasteiger partial charge >= 0.3 is 0 Å². The van der Waals surface area contributed by atoms with Gasteiger partial charge in [-0.3, -0.25) is 4.79 Å². The Bertz CT molecular complexity index is 274. The van der Waals surface area contributed by atoms with Crippen LogP contribution in [0.2, 0.25) is 0 Å². The average Bonchev–Trinajstić information content (AvgIpc) is 2.86. The number of morpholine rings is 1. The van der Waals surface area contributed by atoms with Gasteiger partial charge in [0.15, 0.2) is 0 Å². The SMILES string of the molecule is COC1CNC(C(=O)N2CCOC(CO)C2)C1. The van der Waals surface area contributed by atoms with Crippen LogP contribution in [0.15, 0.2) is 0 Å². The molecule has 2 rings (SSSR count). The molecular formula is C11H20N2O4. The molecule has 17 heavy (non-hydrogen) atoms. The number of nitrogens with zero attached hydrogens (tertiary/aromatic N) is 1. The summed E-state index contributed by atoms with van der Waals surface area (Å²) in [6, 6.07) is -0.155. The smallest absolute Gasteiger partial charge is 0.239 e. The maximum absolute atomic E-state index is 12.2. The van der Waals surface area contributed by atoms with Crippen molar-refractivity contribution in [3.63, 3.8) is 0 Å². The van der Waals surface area contributed by atoms with Crippen LogP contribution < -0.4 is 5.32 Å². The second kappa shape index (κ2) is 5.77. The number of carbonyl (C=O) groups is 1. The van der Waals surface area contributed by atoms with Gasteiger partial charge in [-0.15, -0.1) is 0 Å². The Morgan fingerprint density at radius 1 is 1.65 bits per heavy atom. The van der Waals surface area contributed by atoms with E-state index in [0.717, 1.165) is 13.0 Å². The Hall–Kier alpha value is -0.690. The van der Waals surface area contributed by atoms with E-state index in [9.17, 15) is 4.79 Å². The lowest BCUT2D eigenvalue weighted by molar-refractivity contribution is -0.142. The molecule has 3 unspecified atom stereocenters. The zero-order chi connectivity index (χ0) is 12.3. The molecule has 0 aromatic rings. The van der Waals surface area contributed by atoms with Gasteiger partial charge in [-0.1, -0.05) is 0 Å². The first-order valence-electron chi connectivity index (χ1n) is 6.02. The topological polar surface area (TPSA) is 71.0 Å². The normalized spacial score (nSPS) is 34.0. The Morgan fingerprint density at radius 2 is 2.47 bits per heavy atom. The summed E-state index contributed by atoms with van der Waals surface area (Å²) in [7, 11) is 1.66. The highest BCUT2D eigenvalue weighted by Gasteiger charge is 2.34. The molecule has 3 atom stereocenters. The van der Waals surface area contributed by atoms with Gasteiger partial charge in [-0.25, -0.2) is 0 Å². The third-order valence-electron chi connectivity index (χ3n) is 3.38. The number of hydrogen-bond acceptors (Lipinski definition) is 5. The first kappa shape index (κ1) is 12.8. The summed E-state index contributed by atoms with van der Waals surface area (Å²) in [6.45, 7) is 2.26. The monoisotopic (exact) mass is 244 g/mol. The summed E-state index contributed by atoms with van der Waals surface area (Å²) in [5.74, 6) is 0.0892. The molecule has 2 N–H and O–H groups in total. The third kappa shape index (κ3) is 2.95. The van der Waals surface area contributed by atoms with E-state index in [1.54, 1.807) is 12.0 Å². The van der Waals surface area contributed by atoms with E-state index in [1.165, 1.54) is 0 Å². The lowest BCUT2D eigenvalue weighted by atomic mass is 10.1. The molecule has 0 aromatic carbocycles. The van der Waals surface area contributed by atoms with Gasteiger partial charge in [0, 0.05) is 26.7 Å². The Balaban J connectivity index is 1.87. The largest absolute Gasteiger partial charge is 0.394 e. The molecule has 0 bridgehead atoms. The van der Waals surface area contributed by atoms with Crippen LogP contribution in [-0.4, -0.2) is 74.1 Å². The van der Waals surface area contributed by atoms with Crippen molar-refractivity contribution in [2.75, 3.05) is 40.0 Å². The minimum Gasteiger partial charge on any atom is -0.394 e. The quantitative estimate of drug-likeness (QED) is 0.638. The highest BCUT2D eigenvalue weighted by atomic mass is 16.5. The van der Waals surface area contributed by atoms with Crippen LogP contribution in [0, 0.1) is 0 Å². The predicted molar refractivity (Wildman–Crippen MR) is 60.6 cm³/mol. The Labute approximate surface area is 101 Å². The van der Waals surface area contributed by atoms with Crippen LogP contribution in [0.25, 0.3) is 0 Å². The average molecular weight is 244 g/mol. The number of carbonyl (C=O) groups excluding carboxylic acids is 1. The number of amides is 1. The van der Waals surface area contributed by atoms with Crippen LogP contribution in [0.4, 0.5) is 0 Å². The molecule has 2 saturated heterocycles. The summed E-state index contributed by atoms with van der Waals surface area (Å²) in [6.07, 6.45) is 0.599. The number of hydrogen-bond donors (Lipinski definition) is 2. The van der Waals surface area contributed by atoms with E-state index in [0.29, 0.717) is 19.7 Å². The predicted octanol–water partition coefficient (Wildman–Crippen LogP) is -1.42. The standard InChI is InChI=1S/C11H20N2O4/c1-16-8-4-10(12-5-8)11(15)13-2-3-17-9(6-13)7-14/h8-10,12,14H,2-7H2,1H3. The number of aliphatic hydroxyl groups is 1. The van der Waals surface area contributed by atoms with Crippen LogP contribution in [0.1, 0.15) is 6.42 Å². The zero-order valence-corrected chi connectivity index (χ0v) is 10.1. The molecule has 0 aromatic heterocycles. The van der Waals surface area contributed by atoms with Gasteiger partial charge in [0.1, 0.15) is 0 Å². The number of methoxy groups -OCH3 is 1. The van der Waals surface area contributed by atoms with Crippen LogP contribution >= 0.6 is 0 Å². The lowest BCUT2D eigenvalue weighted by Gasteiger charge is -2.33. The second-order valence-corrected chi connectivity index (χ2v) is 4.51. The molecule has 0 radical (unpaired) electrons. The molecular weight excluding hydrogens is 224 g/mol. The van der Waals surface area contributed by atoms with Gasteiger partial charge in [-0.2, -0.15) is 0 Å². The van der Waals surface area contributed by atoms with Crippen molar-refractivity contribution in [2.45, 2.75) is 24.7 Å². The Kier molecular flexibility index (Phi) is 4.33. The summed E-state index contributed by atoms with van der Waals surface area (Å²) in [5.41, 5.74) is 0. The molecule has 0 aliphatic carbocycles. The first-order chi connectivity index (χ1) is 8.24. The van der Waals surface area contributed by atoms with E-state index in [1.807, 2.05) is 0 Å². The van der Waals surface area contributed by atoms with E-state index in [4.69, 9.17) is 14.6 Å². The fourth-order valence-corrected chi connectivity index (χ4v) is 2.32. The molecule has 1 amide bonds. The summed E-state index contributed by atoms with van der Waals surface area (Å²) < 4.78 is 10.5. The lowest BCUT2D eigenvalue weighted by Crippen LogP contribution is -2.52. The molecule has 6 nitrogen and oxygen atoms in total. The van der Waals surface area contributed by atoms with E-state index >= 15 is 0 Å². The maximum Gasteiger partial charge on any atom is 0.239 e. The van der Waals surface area contributed by atoms with Crippen molar-refractivity contribution in [1.29, 1.82) is 0 Å². The van der Waals surface area contributed by atoms with Crippen molar-refractivity contribution in [1.82, 2.24) is 10.2 Å². The van der Waals surface area contributed by atoms with Crippen LogP contribution in [0.5, 0.6) is 0 Å². The van der Waals surface area contributed by atoms with Crippen molar-refractivity contribution in [3.05, 3.63) is 0 Å². The minimum absolute atomic E-state index is 0.0391. The molecule has 0 spiro atoms. The Morgan fingerprint density at radius 3 is 3.12 bits per heavy atom. The molecule has 6 heteroatoms. The molecule has 2 aliphatic rings. The van der Waals surface area contributed by atoms with Gasteiger partial charge in [0.25, 0.3) is 0 Å². The first-order valence-corrected chi connectivity index (χ1v) is 6.02. The molecule has 0 saturated carbocycles. The van der Waals surface area contributed by atoms with Gasteiger partial charge in [0.2, 0.25) is 5.91 Å². The van der Waals surface area contributed by atoms with Gasteiger partial charge in [-0.05, 0) is 6.42 Å². The van der Waals surface area contributed by atoms with Crippen molar-refractivity contribution < 1.29 is 19.4 Å². The second-order valence-electron chi connectivity index (χ2n) is 4.51. The van der Waals surface area contributed by atoms with Gasteiger partial charge < -0.3 is 24.8 Å². The number of aliphatic hydroxyl groups excluding tert-OH is 1. The minimum atomic E-state index is -0.243. The third-order valence-corrected chi connectivity index (χ3v) is 3.38. The van der Waals surface area contributed by atoms with Crippen molar-refractivity contribution in [3.8, 4) is 0 Å². The fourth-order valence-electron chi connectivity index (χ4n) is 2.32. The number of nitrogens with one attached hydrogen (secondary N) is 1. The van der Waals surface area contributed by atoms with E-state index in [-0.39, 0.29) is 30.8 Å². The van der Waals surface area contributed by atoms with Crippen molar-refractivity contribution >= 4 is 5.91 Å². The fraction of sp³-hybridized carbons (Fsp3) is 0.909.